The fourth-order valence-electron chi connectivity index (χ4n) is 0.831. The Morgan fingerprint density at radius 3 is 2.71 bits per heavy atom. The standard InChI is InChI=1S/C7H6BrF3N2O/c8-5-3-12-4-13(6(5)14)2-1-7(9,10)11/h3-4H,1-2H2. The molecule has 0 aliphatic heterocycles. The summed E-state index contributed by atoms with van der Waals surface area (Å²) in [4.78, 5) is 14.8. The number of nitrogens with zero attached hydrogens (tertiary/aromatic N) is 2. The average molecular weight is 271 g/mol. The molecule has 1 rings (SSSR count). The minimum absolute atomic E-state index is 0.155. The van der Waals surface area contributed by atoms with E-state index in [0.717, 1.165) is 10.9 Å². The van der Waals surface area contributed by atoms with Crippen LogP contribution in [0.15, 0.2) is 21.8 Å². The van der Waals surface area contributed by atoms with Crippen LogP contribution in [0.1, 0.15) is 6.42 Å². The van der Waals surface area contributed by atoms with E-state index in [0.29, 0.717) is 0 Å². The molecule has 0 radical (unpaired) electrons. The maximum atomic E-state index is 11.8. The second-order valence-electron chi connectivity index (χ2n) is 2.61. The van der Waals surface area contributed by atoms with Crippen LogP contribution in [0.4, 0.5) is 13.2 Å². The first-order valence-electron chi connectivity index (χ1n) is 3.67. The molecule has 78 valence electrons. The minimum Gasteiger partial charge on any atom is -0.298 e. The van der Waals surface area contributed by atoms with Crippen LogP contribution in [0.2, 0.25) is 0 Å². The van der Waals surface area contributed by atoms with Gasteiger partial charge in [0.05, 0.1) is 12.7 Å². The summed E-state index contributed by atoms with van der Waals surface area (Å²) in [5.74, 6) is 0. The van der Waals surface area contributed by atoms with Crippen molar-refractivity contribution in [3.8, 4) is 0 Å². The third-order valence-corrected chi connectivity index (χ3v) is 2.04. The summed E-state index contributed by atoms with van der Waals surface area (Å²) in [6.07, 6.45) is -2.97. The lowest BCUT2D eigenvalue weighted by Crippen LogP contribution is -2.23. The fourth-order valence-corrected chi connectivity index (χ4v) is 1.18. The second-order valence-corrected chi connectivity index (χ2v) is 3.46. The summed E-state index contributed by atoms with van der Waals surface area (Å²) in [6.45, 7) is -0.408. The molecule has 0 aromatic carbocycles. The van der Waals surface area contributed by atoms with Crippen LogP contribution in [0, 0.1) is 0 Å². The summed E-state index contributed by atoms with van der Waals surface area (Å²) in [5.41, 5.74) is -0.510. The van der Waals surface area contributed by atoms with E-state index in [4.69, 9.17) is 0 Å². The molecule has 14 heavy (non-hydrogen) atoms. The highest BCUT2D eigenvalue weighted by molar-refractivity contribution is 9.10. The van der Waals surface area contributed by atoms with Gasteiger partial charge in [-0.1, -0.05) is 0 Å². The highest BCUT2D eigenvalue weighted by atomic mass is 79.9. The molecule has 0 aliphatic rings. The van der Waals surface area contributed by atoms with E-state index in [1.54, 1.807) is 0 Å². The molecule has 0 spiro atoms. The quantitative estimate of drug-likeness (QED) is 0.824. The van der Waals surface area contributed by atoms with Crippen LogP contribution in [0.5, 0.6) is 0 Å². The molecular formula is C7H6BrF3N2O. The Labute approximate surface area is 85.7 Å². The van der Waals surface area contributed by atoms with Gasteiger partial charge in [0.1, 0.15) is 4.47 Å². The Balaban J connectivity index is 2.78. The van der Waals surface area contributed by atoms with Crippen molar-refractivity contribution in [3.63, 3.8) is 0 Å². The van der Waals surface area contributed by atoms with Gasteiger partial charge in [0.15, 0.2) is 0 Å². The second kappa shape index (κ2) is 4.12. The van der Waals surface area contributed by atoms with Gasteiger partial charge in [-0.25, -0.2) is 4.98 Å². The predicted octanol–water partition coefficient (Wildman–Crippen LogP) is 1.96. The van der Waals surface area contributed by atoms with Crippen LogP contribution < -0.4 is 5.56 Å². The van der Waals surface area contributed by atoms with Gasteiger partial charge < -0.3 is 0 Å². The van der Waals surface area contributed by atoms with E-state index >= 15 is 0 Å². The third kappa shape index (κ3) is 3.13. The fraction of sp³-hybridized carbons (Fsp3) is 0.429. The molecule has 0 saturated carbocycles. The first-order chi connectivity index (χ1) is 6.40. The third-order valence-electron chi connectivity index (χ3n) is 1.50. The lowest BCUT2D eigenvalue weighted by Gasteiger charge is -2.07. The van der Waals surface area contributed by atoms with Gasteiger partial charge in [0.2, 0.25) is 0 Å². The van der Waals surface area contributed by atoms with Crippen LogP contribution in [0.25, 0.3) is 0 Å². The molecule has 3 nitrogen and oxygen atoms in total. The molecule has 0 amide bonds. The molecule has 0 unspecified atom stereocenters. The number of alkyl halides is 3. The molecule has 0 fully saturated rings. The van der Waals surface area contributed by atoms with Gasteiger partial charge >= 0.3 is 6.18 Å². The van der Waals surface area contributed by atoms with Crippen molar-refractivity contribution in [2.75, 3.05) is 0 Å². The van der Waals surface area contributed by atoms with Crippen LogP contribution in [0.3, 0.4) is 0 Å². The Morgan fingerprint density at radius 2 is 2.14 bits per heavy atom. The number of aromatic nitrogens is 2. The van der Waals surface area contributed by atoms with Crippen molar-refractivity contribution in [1.82, 2.24) is 9.55 Å². The van der Waals surface area contributed by atoms with Gasteiger partial charge in [-0.05, 0) is 15.9 Å². The molecule has 0 N–H and O–H groups in total. The molecule has 0 bridgehead atoms. The Kier molecular flexibility index (Phi) is 3.30. The van der Waals surface area contributed by atoms with Crippen molar-refractivity contribution in [2.24, 2.45) is 0 Å². The zero-order valence-corrected chi connectivity index (χ0v) is 8.47. The number of hydrogen-bond donors (Lipinski definition) is 0. The van der Waals surface area contributed by atoms with Gasteiger partial charge in [0.25, 0.3) is 5.56 Å². The molecule has 0 aliphatic carbocycles. The van der Waals surface area contributed by atoms with E-state index < -0.39 is 24.7 Å². The smallest absolute Gasteiger partial charge is 0.298 e. The van der Waals surface area contributed by atoms with E-state index in [9.17, 15) is 18.0 Å². The minimum atomic E-state index is -4.26. The van der Waals surface area contributed by atoms with Crippen molar-refractivity contribution >= 4 is 15.9 Å². The summed E-state index contributed by atoms with van der Waals surface area (Å²) in [5, 5.41) is 0. The molecular weight excluding hydrogens is 265 g/mol. The summed E-state index contributed by atoms with van der Waals surface area (Å²) in [7, 11) is 0. The molecule has 0 atom stereocenters. The normalized spacial score (nSPS) is 11.7. The van der Waals surface area contributed by atoms with Gasteiger partial charge in [0, 0.05) is 12.7 Å². The summed E-state index contributed by atoms with van der Waals surface area (Å²) < 4.78 is 36.5. The molecule has 7 heteroatoms. The van der Waals surface area contributed by atoms with E-state index in [2.05, 4.69) is 20.9 Å². The predicted molar refractivity (Wildman–Crippen MR) is 46.9 cm³/mol. The maximum absolute atomic E-state index is 11.8. The molecule has 1 aromatic heterocycles. The number of aryl methyl sites for hydroxylation is 1. The lowest BCUT2D eigenvalue weighted by atomic mass is 10.4. The monoisotopic (exact) mass is 270 g/mol. The van der Waals surface area contributed by atoms with E-state index in [1.807, 2.05) is 0 Å². The first kappa shape index (κ1) is 11.2. The van der Waals surface area contributed by atoms with Gasteiger partial charge in [-0.15, -0.1) is 0 Å². The Bertz CT molecular complexity index is 374. The van der Waals surface area contributed by atoms with Crippen LogP contribution in [-0.4, -0.2) is 15.7 Å². The highest BCUT2D eigenvalue weighted by Crippen LogP contribution is 2.19. The van der Waals surface area contributed by atoms with Gasteiger partial charge in [-0.3, -0.25) is 9.36 Å². The summed E-state index contributed by atoms with van der Waals surface area (Å²) in [6, 6.07) is 0. The number of halogens is 4. The Hall–Kier alpha value is -0.850. The van der Waals surface area contributed by atoms with Crippen molar-refractivity contribution in [2.45, 2.75) is 19.1 Å². The highest BCUT2D eigenvalue weighted by Gasteiger charge is 2.26. The largest absolute Gasteiger partial charge is 0.390 e. The zero-order chi connectivity index (χ0) is 10.8. The topological polar surface area (TPSA) is 34.9 Å². The maximum Gasteiger partial charge on any atom is 0.390 e. The Morgan fingerprint density at radius 1 is 1.50 bits per heavy atom. The van der Waals surface area contributed by atoms with Crippen molar-refractivity contribution < 1.29 is 13.2 Å². The SMILES string of the molecule is O=c1c(Br)cncn1CCC(F)(F)F. The molecule has 1 heterocycles. The molecule has 1 aromatic rings. The molecule has 0 saturated heterocycles. The number of hydrogen-bond acceptors (Lipinski definition) is 2. The zero-order valence-electron chi connectivity index (χ0n) is 6.88. The van der Waals surface area contributed by atoms with Crippen molar-refractivity contribution in [3.05, 3.63) is 27.4 Å². The average Bonchev–Trinajstić information content (AvgIpc) is 2.06. The number of rotatable bonds is 2. The van der Waals surface area contributed by atoms with E-state index in [-0.39, 0.29) is 4.47 Å². The lowest BCUT2D eigenvalue weighted by molar-refractivity contribution is -0.136. The van der Waals surface area contributed by atoms with Gasteiger partial charge in [-0.2, -0.15) is 13.2 Å². The summed E-state index contributed by atoms with van der Waals surface area (Å²) >= 11 is 2.89. The van der Waals surface area contributed by atoms with Crippen molar-refractivity contribution in [1.29, 1.82) is 0 Å². The van der Waals surface area contributed by atoms with Crippen LogP contribution >= 0.6 is 15.9 Å². The van der Waals surface area contributed by atoms with Crippen LogP contribution in [-0.2, 0) is 6.54 Å². The first-order valence-corrected chi connectivity index (χ1v) is 4.46. The van der Waals surface area contributed by atoms with E-state index in [1.165, 1.54) is 6.20 Å².